The number of hydrogen-bond donors (Lipinski definition) is 0. The summed E-state index contributed by atoms with van der Waals surface area (Å²) in [5.74, 6) is -0.638. The van der Waals surface area contributed by atoms with E-state index in [1.54, 1.807) is 4.90 Å². The Kier molecular flexibility index (Phi) is 9.81. The van der Waals surface area contributed by atoms with Gasteiger partial charge < -0.3 is 31.7 Å². The van der Waals surface area contributed by atoms with Crippen molar-refractivity contribution in [2.45, 2.75) is 19.2 Å². The monoisotopic (exact) mass is 616 g/mol. The maximum atomic E-state index is 13.2. The smallest absolute Gasteiger partial charge is 0.449 e. The second-order valence-electron chi connectivity index (χ2n) is 9.90. The van der Waals surface area contributed by atoms with Crippen LogP contribution in [-0.4, -0.2) is 59.2 Å². The van der Waals surface area contributed by atoms with Crippen molar-refractivity contribution in [3.8, 4) is 16.9 Å². The Morgan fingerprint density at radius 1 is 0.951 bits per heavy atom. The van der Waals surface area contributed by atoms with Crippen molar-refractivity contribution < 1.29 is 90.3 Å². The van der Waals surface area contributed by atoms with Gasteiger partial charge in [0.15, 0.2) is 0 Å². The van der Waals surface area contributed by atoms with Gasteiger partial charge in [-0.2, -0.15) is 8.42 Å². The number of ether oxygens (including phenoxy) is 1. The van der Waals surface area contributed by atoms with Gasteiger partial charge in [-0.25, -0.2) is 4.79 Å². The molecule has 0 N–H and O–H groups in total. The number of rotatable bonds is 7. The topological polar surface area (TPSA) is 76.2 Å². The summed E-state index contributed by atoms with van der Waals surface area (Å²) in [5.41, 5.74) is 4.75. The van der Waals surface area contributed by atoms with Crippen molar-refractivity contribution in [2.75, 3.05) is 37.7 Å². The fourth-order valence-electron chi connectivity index (χ4n) is 5.50. The maximum Gasteiger partial charge on any atom is 1.00 e. The molecule has 1 heterocycles. The molecule has 0 saturated carbocycles. The Bertz CT molecular complexity index is 1500. The van der Waals surface area contributed by atoms with Crippen molar-refractivity contribution in [3.63, 3.8) is 0 Å². The molecule has 1 amide bonds. The molecule has 1 aliphatic heterocycles. The van der Waals surface area contributed by atoms with Crippen LogP contribution in [0.4, 0.5) is 27.3 Å². The van der Waals surface area contributed by atoms with Gasteiger partial charge in [-0.3, -0.25) is 0 Å². The van der Waals surface area contributed by atoms with E-state index in [9.17, 15) is 30.0 Å². The van der Waals surface area contributed by atoms with Crippen LogP contribution in [0.5, 0.6) is 5.75 Å². The molecule has 1 saturated heterocycles. The maximum absolute atomic E-state index is 13.2. The second kappa shape index (κ2) is 12.6. The summed E-state index contributed by atoms with van der Waals surface area (Å²) in [5, 5.41) is 0. The molecule has 41 heavy (non-hydrogen) atoms. The van der Waals surface area contributed by atoms with E-state index < -0.39 is 35.6 Å². The molecule has 7 nitrogen and oxygen atoms in total. The number of amides is 1. The first-order valence-corrected chi connectivity index (χ1v) is 14.0. The molecule has 1 aliphatic carbocycles. The SMILES string of the molecule is Cc1c(C[B-](F)(F)F)cc(OS(=O)(=O)F)cc1N1CCN(C(=O)OCC2c3ccccc3-c3ccccc32)CC1.[K+]. The van der Waals surface area contributed by atoms with Gasteiger partial charge in [-0.1, -0.05) is 64.3 Å². The number of hydrogen-bond acceptors (Lipinski definition) is 6. The van der Waals surface area contributed by atoms with Crippen LogP contribution in [0, 0.1) is 6.92 Å². The number of halogens is 4. The summed E-state index contributed by atoms with van der Waals surface area (Å²) in [6, 6.07) is 18.1. The van der Waals surface area contributed by atoms with Gasteiger partial charge in [0.1, 0.15) is 12.4 Å². The standard InChI is InChI=1S/C27H26BF4N2O5S.K/c1-18-19(16-28(29,30)31)14-20(39-40(32,36)37)15-26(18)33-10-12-34(13-11-33)27(35)38-17-25-23-8-4-2-6-21(23)22-7-3-5-9-24(22)25;/h2-9,14-15,25H,10-13,16-17H2,1H3;/q-1;+1. The summed E-state index contributed by atoms with van der Waals surface area (Å²) in [4.78, 5) is 16.2. The van der Waals surface area contributed by atoms with Crippen LogP contribution < -0.4 is 60.5 Å². The molecule has 0 radical (unpaired) electrons. The van der Waals surface area contributed by atoms with E-state index in [-0.39, 0.29) is 107 Å². The predicted molar refractivity (Wildman–Crippen MR) is 143 cm³/mol. The van der Waals surface area contributed by atoms with Crippen LogP contribution in [0.1, 0.15) is 28.2 Å². The minimum Gasteiger partial charge on any atom is -0.449 e. The first kappa shape index (κ1) is 31.8. The molecule has 0 aromatic heterocycles. The minimum absolute atomic E-state index is 0. The zero-order valence-corrected chi connectivity index (χ0v) is 26.5. The van der Waals surface area contributed by atoms with Gasteiger partial charge in [0, 0.05) is 43.9 Å². The summed E-state index contributed by atoms with van der Waals surface area (Å²) in [7, 11) is -5.43. The third kappa shape index (κ3) is 7.46. The Balaban J connectivity index is 0.00000387. The molecule has 0 atom stereocenters. The second-order valence-corrected chi connectivity index (χ2v) is 10.8. The molecular weight excluding hydrogens is 590 g/mol. The zero-order chi connectivity index (χ0) is 28.7. The Labute approximate surface area is 278 Å². The van der Waals surface area contributed by atoms with Gasteiger partial charge >= 0.3 is 75.0 Å². The Morgan fingerprint density at radius 3 is 2.05 bits per heavy atom. The third-order valence-electron chi connectivity index (χ3n) is 7.32. The Morgan fingerprint density at radius 2 is 1.51 bits per heavy atom. The van der Waals surface area contributed by atoms with E-state index in [0.29, 0.717) is 0 Å². The van der Waals surface area contributed by atoms with Crippen molar-refractivity contribution in [1.82, 2.24) is 4.90 Å². The molecule has 1 fully saturated rings. The first-order chi connectivity index (χ1) is 18.9. The van der Waals surface area contributed by atoms with Gasteiger partial charge in [0.25, 0.3) is 0 Å². The quantitative estimate of drug-likeness (QED) is 0.231. The summed E-state index contributed by atoms with van der Waals surface area (Å²) >= 11 is 0. The third-order valence-corrected chi connectivity index (χ3v) is 7.71. The van der Waals surface area contributed by atoms with Crippen LogP contribution in [0.15, 0.2) is 60.7 Å². The fraction of sp³-hybridized carbons (Fsp3) is 0.296. The minimum atomic E-state index is -5.43. The van der Waals surface area contributed by atoms with Crippen LogP contribution >= 0.6 is 0 Å². The number of carbonyl (C=O) groups excluding carboxylic acids is 1. The van der Waals surface area contributed by atoms with Crippen LogP contribution in [0.3, 0.4) is 0 Å². The number of benzene rings is 3. The van der Waals surface area contributed by atoms with E-state index in [1.807, 2.05) is 48.5 Å². The number of piperazine rings is 1. The molecule has 212 valence electrons. The van der Waals surface area contributed by atoms with E-state index in [2.05, 4.69) is 4.18 Å². The van der Waals surface area contributed by atoms with Crippen molar-refractivity contribution in [1.29, 1.82) is 0 Å². The molecule has 5 rings (SSSR count). The van der Waals surface area contributed by atoms with Crippen LogP contribution in [0.25, 0.3) is 11.1 Å². The molecule has 0 spiro atoms. The molecule has 14 heteroatoms. The van der Waals surface area contributed by atoms with Crippen molar-refractivity contribution >= 4 is 29.3 Å². The van der Waals surface area contributed by atoms with E-state index in [1.165, 1.54) is 17.9 Å². The predicted octanol–water partition coefficient (Wildman–Crippen LogP) is 2.59. The fourth-order valence-corrected chi connectivity index (χ4v) is 5.82. The summed E-state index contributed by atoms with van der Waals surface area (Å²) in [6.45, 7) is -2.67. The largest absolute Gasteiger partial charge is 1.00 e. The van der Waals surface area contributed by atoms with Crippen molar-refractivity contribution in [2.24, 2.45) is 0 Å². The van der Waals surface area contributed by atoms with E-state index in [0.717, 1.165) is 28.3 Å². The van der Waals surface area contributed by atoms with Gasteiger partial charge in [-0.05, 0) is 40.8 Å². The number of nitrogens with zero attached hydrogens (tertiary/aromatic N) is 2. The average Bonchev–Trinajstić information content (AvgIpc) is 3.21. The zero-order valence-electron chi connectivity index (χ0n) is 22.5. The number of fused-ring (bicyclic) bond motifs is 3. The molecule has 2 aliphatic rings. The summed E-state index contributed by atoms with van der Waals surface area (Å²) < 4.78 is 84.8. The van der Waals surface area contributed by atoms with E-state index in [4.69, 9.17) is 4.74 Å². The number of carbonyl (C=O) groups is 1. The van der Waals surface area contributed by atoms with Gasteiger partial charge in [0.05, 0.1) is 0 Å². The molecule has 3 aromatic carbocycles. The van der Waals surface area contributed by atoms with Crippen molar-refractivity contribution in [3.05, 3.63) is 82.9 Å². The Hall–Kier alpha value is -2.10. The van der Waals surface area contributed by atoms with Crippen LogP contribution in [0.2, 0.25) is 0 Å². The average molecular weight is 616 g/mol. The summed E-state index contributed by atoms with van der Waals surface area (Å²) in [6.07, 6.45) is -1.78. The van der Waals surface area contributed by atoms with Gasteiger partial charge in [-0.15, -0.1) is 0 Å². The molecular formula is C27H26BF4KN2O5S. The van der Waals surface area contributed by atoms with E-state index >= 15 is 0 Å². The molecule has 3 aromatic rings. The van der Waals surface area contributed by atoms with Crippen LogP contribution in [-0.2, 0) is 21.6 Å². The number of anilines is 1. The first-order valence-electron chi connectivity index (χ1n) is 12.7. The molecule has 0 bridgehead atoms. The van der Waals surface area contributed by atoms with Gasteiger partial charge in [0.2, 0.25) is 0 Å². The normalized spacial score (nSPS) is 15.1. The molecule has 0 unspecified atom stereocenters.